The lowest BCUT2D eigenvalue weighted by molar-refractivity contribution is -0.366. The normalized spacial score (nSPS) is 52.7. The van der Waals surface area contributed by atoms with Crippen molar-refractivity contribution in [2.24, 2.45) is 56.7 Å². The van der Waals surface area contributed by atoms with Crippen LogP contribution in [0.5, 0.6) is 0 Å². The van der Waals surface area contributed by atoms with Crippen molar-refractivity contribution in [3.8, 4) is 0 Å². The molecule has 58 heavy (non-hydrogen) atoms. The third-order valence-electron chi connectivity index (χ3n) is 17.8. The summed E-state index contributed by atoms with van der Waals surface area (Å²) < 4.78 is 35.1. The molecule has 0 aromatic rings. The minimum Gasteiger partial charge on any atom is -0.428 e. The summed E-state index contributed by atoms with van der Waals surface area (Å²) in [6.45, 7) is 18.1. The van der Waals surface area contributed by atoms with Crippen LogP contribution >= 0.6 is 0 Å². The monoisotopic (exact) mass is 822 g/mol. The first-order valence-electron chi connectivity index (χ1n) is 21.8. The van der Waals surface area contributed by atoms with Crippen LogP contribution in [0.25, 0.3) is 0 Å². The highest BCUT2D eigenvalue weighted by molar-refractivity contribution is 5.78. The molecule has 0 bridgehead atoms. The highest BCUT2D eigenvalue weighted by Crippen LogP contribution is 2.77. The van der Waals surface area contributed by atoms with Crippen LogP contribution in [0.2, 0.25) is 0 Å². The molecule has 0 aromatic heterocycles. The van der Waals surface area contributed by atoms with Gasteiger partial charge in [0.1, 0.15) is 36.6 Å². The van der Waals surface area contributed by atoms with Gasteiger partial charge in [0.2, 0.25) is 6.79 Å². The highest BCUT2D eigenvalue weighted by atomic mass is 16.8. The largest absolute Gasteiger partial charge is 0.428 e. The van der Waals surface area contributed by atoms with E-state index in [1.165, 1.54) is 13.8 Å². The maximum Gasteiger partial charge on any atom is 0.315 e. The van der Waals surface area contributed by atoms with Crippen LogP contribution in [0.15, 0.2) is 12.2 Å². The molecule has 0 radical (unpaired) electrons. The lowest BCUT2D eigenvalue weighted by atomic mass is 9.32. The Labute approximate surface area is 342 Å². The van der Waals surface area contributed by atoms with E-state index in [4.69, 9.17) is 28.4 Å². The Bertz CT molecular complexity index is 1560. The average molecular weight is 823 g/mol. The number of esters is 2. The molecular formula is C44H70O14. The maximum atomic E-state index is 14.1. The number of hydrogen-bond acceptors (Lipinski definition) is 14. The van der Waals surface area contributed by atoms with E-state index in [0.29, 0.717) is 18.8 Å². The Balaban J connectivity index is 1.12. The van der Waals surface area contributed by atoms with Crippen molar-refractivity contribution in [1.82, 2.24) is 0 Å². The fourth-order valence-electron chi connectivity index (χ4n) is 14.5. The lowest BCUT2D eigenvalue weighted by Crippen LogP contribution is -2.68. The third-order valence-corrected chi connectivity index (χ3v) is 17.8. The number of hydrogen-bond donors (Lipinski definition) is 6. The van der Waals surface area contributed by atoms with Gasteiger partial charge in [-0.1, -0.05) is 39.8 Å². The van der Waals surface area contributed by atoms with E-state index in [-0.39, 0.29) is 65.9 Å². The summed E-state index contributed by atoms with van der Waals surface area (Å²) in [5.74, 6) is 0.238. The summed E-state index contributed by atoms with van der Waals surface area (Å²) in [7, 11) is 0. The fourth-order valence-corrected chi connectivity index (χ4v) is 14.5. The van der Waals surface area contributed by atoms with Gasteiger partial charge in [-0.25, -0.2) is 0 Å². The van der Waals surface area contributed by atoms with E-state index in [0.717, 1.165) is 56.9 Å². The average Bonchev–Trinajstić information content (AvgIpc) is 3.58. The predicted octanol–water partition coefficient (Wildman–Crippen LogP) is 3.36. The quantitative estimate of drug-likeness (QED) is 0.0853. The molecule has 14 nitrogen and oxygen atoms in total. The van der Waals surface area contributed by atoms with Crippen molar-refractivity contribution in [2.45, 2.75) is 174 Å². The van der Waals surface area contributed by atoms with Crippen molar-refractivity contribution in [3.63, 3.8) is 0 Å². The number of fused-ring (bicyclic) bond motifs is 7. The van der Waals surface area contributed by atoms with Crippen molar-refractivity contribution < 1.29 is 68.6 Å². The van der Waals surface area contributed by atoms with Gasteiger partial charge in [0.15, 0.2) is 12.6 Å². The second-order valence-corrected chi connectivity index (χ2v) is 20.4. The van der Waals surface area contributed by atoms with Gasteiger partial charge >= 0.3 is 11.9 Å². The zero-order valence-electron chi connectivity index (χ0n) is 35.5. The first kappa shape index (κ1) is 44.3. The number of rotatable bonds is 9. The molecule has 2 aliphatic heterocycles. The van der Waals surface area contributed by atoms with Crippen molar-refractivity contribution in [3.05, 3.63) is 12.2 Å². The van der Waals surface area contributed by atoms with Gasteiger partial charge in [-0.3, -0.25) is 9.59 Å². The van der Waals surface area contributed by atoms with Gasteiger partial charge in [0.25, 0.3) is 0 Å². The van der Waals surface area contributed by atoms with Crippen LogP contribution in [0.3, 0.4) is 0 Å². The Morgan fingerprint density at radius 1 is 0.759 bits per heavy atom. The maximum absolute atomic E-state index is 14.1. The minimum atomic E-state index is -1.63. The topological polar surface area (TPSA) is 211 Å². The van der Waals surface area contributed by atoms with Crippen LogP contribution in [-0.2, 0) is 38.0 Å². The van der Waals surface area contributed by atoms with Crippen molar-refractivity contribution >= 4 is 11.9 Å². The number of carbonyl (C=O) groups is 2. The Kier molecular flexibility index (Phi) is 12.1. The van der Waals surface area contributed by atoms with E-state index >= 15 is 0 Å². The number of ether oxygens (including phenoxy) is 6. The molecule has 0 amide bonds. The lowest BCUT2D eigenvalue weighted by Gasteiger charge is -2.73. The molecule has 2 saturated heterocycles. The van der Waals surface area contributed by atoms with Crippen LogP contribution in [0.4, 0.5) is 0 Å². The summed E-state index contributed by atoms with van der Waals surface area (Å²) in [4.78, 5) is 25.6. The second-order valence-electron chi connectivity index (χ2n) is 20.4. The summed E-state index contributed by atoms with van der Waals surface area (Å²) in [5, 5.41) is 64.5. The molecule has 14 heteroatoms. The van der Waals surface area contributed by atoms with Gasteiger partial charge in [0, 0.05) is 12.3 Å². The van der Waals surface area contributed by atoms with Crippen molar-refractivity contribution in [2.75, 3.05) is 20.0 Å². The molecule has 6 N–H and O–H groups in total. The van der Waals surface area contributed by atoms with E-state index < -0.39 is 78.2 Å². The van der Waals surface area contributed by atoms with E-state index in [9.17, 15) is 40.2 Å². The number of aliphatic hydroxyl groups excluding tert-OH is 6. The molecule has 330 valence electrons. The predicted molar refractivity (Wildman–Crippen MR) is 207 cm³/mol. The summed E-state index contributed by atoms with van der Waals surface area (Å²) in [6.07, 6.45) is -4.20. The Morgan fingerprint density at radius 3 is 2.16 bits per heavy atom. The minimum absolute atomic E-state index is 0.0526. The van der Waals surface area contributed by atoms with Gasteiger partial charge in [-0.05, 0) is 124 Å². The van der Waals surface area contributed by atoms with Crippen LogP contribution in [-0.4, -0.2) is 124 Å². The fraction of sp³-hybridized carbons (Fsp3) is 0.909. The highest BCUT2D eigenvalue weighted by Gasteiger charge is 2.73. The number of carbonyl (C=O) groups excluding carboxylic acids is 2. The Hall–Kier alpha value is -1.72. The molecule has 7 rings (SSSR count). The molecule has 5 saturated carbocycles. The number of aliphatic hydroxyl groups is 6. The van der Waals surface area contributed by atoms with Crippen LogP contribution in [0, 0.1) is 56.7 Å². The molecule has 7 aliphatic rings. The van der Waals surface area contributed by atoms with Gasteiger partial charge in [-0.15, -0.1) is 0 Å². The molecule has 20 atom stereocenters. The molecule has 5 aliphatic carbocycles. The standard InChI is InChI=1S/C44H70O14/c1-22(2)25-11-16-44(39(52)55-21-54-24(4)46)18-17-42(7)26(31(25)44)9-10-29-40(5)14-13-30(41(6,20-45)28(40)12-15-43(29,42)8)57-38-36(33(49)27(47)19-53-38)58-37-35(51)34(50)32(48)23(3)56-37/h23,25-38,45,47-51H,1,9-21H2,2-8H3/t23-,25-,26+,27-,28+,29+,30-,31+,32-,33-,34+,35+,36+,37-,38-,40-,41-,42+,43+,44-/m0/s1. The summed E-state index contributed by atoms with van der Waals surface area (Å²) >= 11 is 0. The summed E-state index contributed by atoms with van der Waals surface area (Å²) in [6, 6.07) is 0. The zero-order chi connectivity index (χ0) is 42.3. The van der Waals surface area contributed by atoms with Gasteiger partial charge < -0.3 is 59.1 Å². The van der Waals surface area contributed by atoms with E-state index in [1.54, 1.807) is 0 Å². The number of allylic oxidation sites excluding steroid dienone is 1. The SMILES string of the molecule is C=C(C)[C@@H]1CC[C@]2(C(=O)OCOC(C)=O)CC[C@]3(C)[C@H](CC[C@@H]4[C@@]5(C)CC[C@H](O[C@@H]6OC[C@H](O)[C@H](O)[C@H]6O[C@@H]6O[C@@H](C)[C@H](O)[C@@H](O)[C@H]6O)[C@@](C)(CO)[C@@H]5CC[C@]43C)[C@@H]12. The van der Waals surface area contributed by atoms with Gasteiger partial charge in [-0.2, -0.15) is 0 Å². The van der Waals surface area contributed by atoms with E-state index in [1.807, 2.05) is 0 Å². The first-order valence-corrected chi connectivity index (χ1v) is 21.8. The second kappa shape index (κ2) is 15.9. The zero-order valence-corrected chi connectivity index (χ0v) is 35.5. The molecule has 0 aromatic carbocycles. The van der Waals surface area contributed by atoms with E-state index in [2.05, 4.69) is 41.2 Å². The Morgan fingerprint density at radius 2 is 1.48 bits per heavy atom. The molecule has 0 spiro atoms. The smallest absolute Gasteiger partial charge is 0.315 e. The summed E-state index contributed by atoms with van der Waals surface area (Å²) in [5.41, 5.74) is -0.515. The van der Waals surface area contributed by atoms with Crippen LogP contribution in [0.1, 0.15) is 113 Å². The molecule has 0 unspecified atom stereocenters. The molecular weight excluding hydrogens is 752 g/mol. The molecule has 2 heterocycles. The van der Waals surface area contributed by atoms with Crippen LogP contribution < -0.4 is 0 Å². The first-order chi connectivity index (χ1) is 27.2. The third kappa shape index (κ3) is 6.73. The molecule has 7 fully saturated rings. The van der Waals surface area contributed by atoms with Gasteiger partial charge in [0.05, 0.1) is 30.8 Å². The van der Waals surface area contributed by atoms with Crippen molar-refractivity contribution in [1.29, 1.82) is 0 Å².